The first-order valence-corrected chi connectivity index (χ1v) is 6.61. The number of nitrogens with zero attached hydrogens (tertiary/aromatic N) is 3. The summed E-state index contributed by atoms with van der Waals surface area (Å²) in [6.07, 6.45) is 0. The molecule has 19 heavy (non-hydrogen) atoms. The summed E-state index contributed by atoms with van der Waals surface area (Å²) >= 11 is 1.07. The molecule has 0 fully saturated rings. The van der Waals surface area contributed by atoms with Gasteiger partial charge in [-0.15, -0.1) is 0 Å². The first-order chi connectivity index (χ1) is 8.91. The van der Waals surface area contributed by atoms with Gasteiger partial charge in [-0.2, -0.15) is 4.37 Å². The summed E-state index contributed by atoms with van der Waals surface area (Å²) in [6, 6.07) is 0. The Kier molecular flexibility index (Phi) is 3.52. The zero-order chi connectivity index (χ0) is 14.2. The molecule has 0 saturated carbocycles. The van der Waals surface area contributed by atoms with E-state index in [1.54, 1.807) is 5.38 Å². The molecule has 0 bridgehead atoms. The zero-order valence-corrected chi connectivity index (χ0v) is 11.4. The van der Waals surface area contributed by atoms with Crippen molar-refractivity contribution in [2.45, 2.75) is 26.9 Å². The summed E-state index contributed by atoms with van der Waals surface area (Å²) in [7, 11) is 0. The third kappa shape index (κ3) is 2.43. The minimum absolute atomic E-state index is 0.128. The van der Waals surface area contributed by atoms with Crippen LogP contribution < -0.4 is 17.0 Å². The Labute approximate surface area is 112 Å². The van der Waals surface area contributed by atoms with Gasteiger partial charge in [-0.3, -0.25) is 18.7 Å². The van der Waals surface area contributed by atoms with Crippen LogP contribution in [0.2, 0.25) is 0 Å². The standard InChI is InChI=1S/C11H14N4O3S/c1-6(2)3-15-10(17)9-7(5-19-13-9)14(11(15)18)4-8(12)16/h5-6H,3-4H2,1-2H3,(H2,12,16). The summed E-state index contributed by atoms with van der Waals surface area (Å²) in [5.41, 5.74) is 4.76. The normalized spacial score (nSPS) is 11.3. The molecule has 7 nitrogen and oxygen atoms in total. The van der Waals surface area contributed by atoms with Crippen LogP contribution in [0, 0.1) is 5.92 Å². The molecule has 0 aromatic carbocycles. The van der Waals surface area contributed by atoms with Gasteiger partial charge in [0.15, 0.2) is 5.52 Å². The largest absolute Gasteiger partial charge is 0.368 e. The molecule has 0 atom stereocenters. The monoisotopic (exact) mass is 282 g/mol. The van der Waals surface area contributed by atoms with Crippen LogP contribution in [0.15, 0.2) is 15.0 Å². The minimum Gasteiger partial charge on any atom is -0.368 e. The number of amides is 1. The van der Waals surface area contributed by atoms with Gasteiger partial charge in [-0.1, -0.05) is 13.8 Å². The van der Waals surface area contributed by atoms with Gasteiger partial charge in [0.05, 0.1) is 5.52 Å². The van der Waals surface area contributed by atoms with Gasteiger partial charge in [0.25, 0.3) is 5.56 Å². The van der Waals surface area contributed by atoms with E-state index in [1.165, 1.54) is 4.57 Å². The third-order valence-electron chi connectivity index (χ3n) is 2.61. The third-order valence-corrected chi connectivity index (χ3v) is 3.23. The van der Waals surface area contributed by atoms with Gasteiger partial charge < -0.3 is 5.73 Å². The zero-order valence-electron chi connectivity index (χ0n) is 10.6. The lowest BCUT2D eigenvalue weighted by Crippen LogP contribution is -2.42. The summed E-state index contributed by atoms with van der Waals surface area (Å²) in [6.45, 7) is 3.82. The van der Waals surface area contributed by atoms with E-state index in [9.17, 15) is 14.4 Å². The van der Waals surface area contributed by atoms with Crippen molar-refractivity contribution in [1.29, 1.82) is 0 Å². The maximum Gasteiger partial charge on any atom is 0.332 e. The number of hydrogen-bond donors (Lipinski definition) is 1. The van der Waals surface area contributed by atoms with Gasteiger partial charge >= 0.3 is 5.69 Å². The second-order valence-electron chi connectivity index (χ2n) is 4.69. The molecular weight excluding hydrogens is 268 g/mol. The van der Waals surface area contributed by atoms with Gasteiger partial charge in [0, 0.05) is 11.9 Å². The Balaban J connectivity index is 2.79. The topological polar surface area (TPSA) is 100.0 Å². The van der Waals surface area contributed by atoms with E-state index >= 15 is 0 Å². The molecule has 1 amide bonds. The molecule has 0 radical (unpaired) electrons. The number of carbonyl (C=O) groups is 1. The van der Waals surface area contributed by atoms with Crippen molar-refractivity contribution in [3.8, 4) is 0 Å². The number of carbonyl (C=O) groups excluding carboxylic acids is 1. The van der Waals surface area contributed by atoms with Crippen LogP contribution >= 0.6 is 11.5 Å². The highest BCUT2D eigenvalue weighted by Crippen LogP contribution is 2.09. The van der Waals surface area contributed by atoms with Crippen molar-refractivity contribution in [3.05, 3.63) is 26.2 Å². The summed E-state index contributed by atoms with van der Waals surface area (Å²) in [5, 5.41) is 1.57. The fraction of sp³-hybridized carbons (Fsp3) is 0.455. The fourth-order valence-electron chi connectivity index (χ4n) is 1.87. The highest BCUT2D eigenvalue weighted by atomic mass is 32.1. The number of fused-ring (bicyclic) bond motifs is 1. The number of primary amides is 1. The van der Waals surface area contributed by atoms with Gasteiger partial charge in [0.2, 0.25) is 5.91 Å². The molecule has 0 aliphatic carbocycles. The fourth-order valence-corrected chi connectivity index (χ4v) is 2.54. The molecule has 2 aromatic heterocycles. The SMILES string of the molecule is CC(C)Cn1c(=O)c2nscc2n(CC(N)=O)c1=O. The van der Waals surface area contributed by atoms with Crippen LogP contribution in [0.4, 0.5) is 0 Å². The molecule has 2 aromatic rings. The van der Waals surface area contributed by atoms with Crippen molar-refractivity contribution >= 4 is 28.5 Å². The van der Waals surface area contributed by atoms with Gasteiger partial charge in [0.1, 0.15) is 6.54 Å². The Morgan fingerprint density at radius 2 is 2.11 bits per heavy atom. The highest BCUT2D eigenvalue weighted by Gasteiger charge is 2.16. The first-order valence-electron chi connectivity index (χ1n) is 5.77. The van der Waals surface area contributed by atoms with E-state index in [0.717, 1.165) is 16.1 Å². The quantitative estimate of drug-likeness (QED) is 0.836. The van der Waals surface area contributed by atoms with Crippen molar-refractivity contribution in [3.63, 3.8) is 0 Å². The molecule has 2 heterocycles. The number of aromatic nitrogens is 3. The van der Waals surface area contributed by atoms with E-state index in [4.69, 9.17) is 5.73 Å². The van der Waals surface area contributed by atoms with E-state index in [1.807, 2.05) is 13.8 Å². The van der Waals surface area contributed by atoms with Crippen molar-refractivity contribution in [1.82, 2.24) is 13.5 Å². The molecule has 0 spiro atoms. The van der Waals surface area contributed by atoms with E-state index in [-0.39, 0.29) is 24.5 Å². The predicted molar refractivity (Wildman–Crippen MR) is 72.2 cm³/mol. The molecule has 0 saturated heterocycles. The molecule has 0 aliphatic rings. The molecule has 0 aliphatic heterocycles. The van der Waals surface area contributed by atoms with Crippen LogP contribution in [0.5, 0.6) is 0 Å². The summed E-state index contributed by atoms with van der Waals surface area (Å²) < 4.78 is 6.30. The lowest BCUT2D eigenvalue weighted by molar-refractivity contribution is -0.118. The molecule has 8 heteroatoms. The van der Waals surface area contributed by atoms with E-state index in [0.29, 0.717) is 5.52 Å². The second kappa shape index (κ2) is 4.96. The van der Waals surface area contributed by atoms with Gasteiger partial charge in [-0.25, -0.2) is 4.79 Å². The van der Waals surface area contributed by atoms with E-state index in [2.05, 4.69) is 4.37 Å². The minimum atomic E-state index is -0.635. The average molecular weight is 282 g/mol. The maximum absolute atomic E-state index is 12.3. The van der Waals surface area contributed by atoms with Crippen LogP contribution in [0.25, 0.3) is 11.0 Å². The van der Waals surface area contributed by atoms with Crippen LogP contribution in [-0.2, 0) is 17.9 Å². The highest BCUT2D eigenvalue weighted by molar-refractivity contribution is 7.04. The predicted octanol–water partition coefficient (Wildman–Crippen LogP) is -0.239. The number of rotatable bonds is 4. The van der Waals surface area contributed by atoms with Crippen LogP contribution in [0.1, 0.15) is 13.8 Å². The summed E-state index contributed by atoms with van der Waals surface area (Å²) in [4.78, 5) is 35.5. The Morgan fingerprint density at radius 1 is 1.42 bits per heavy atom. The van der Waals surface area contributed by atoms with Crippen molar-refractivity contribution in [2.24, 2.45) is 11.7 Å². The Hall–Kier alpha value is -1.96. The van der Waals surface area contributed by atoms with Crippen molar-refractivity contribution in [2.75, 3.05) is 0 Å². The second-order valence-corrected chi connectivity index (χ2v) is 5.32. The maximum atomic E-state index is 12.3. The Bertz CT molecular complexity index is 740. The summed E-state index contributed by atoms with van der Waals surface area (Å²) in [5.74, 6) is -0.507. The van der Waals surface area contributed by atoms with Crippen molar-refractivity contribution < 1.29 is 4.79 Å². The van der Waals surface area contributed by atoms with Crippen LogP contribution in [-0.4, -0.2) is 19.4 Å². The van der Waals surface area contributed by atoms with Crippen LogP contribution in [0.3, 0.4) is 0 Å². The first kappa shape index (κ1) is 13.5. The molecule has 2 N–H and O–H groups in total. The van der Waals surface area contributed by atoms with Gasteiger partial charge in [-0.05, 0) is 17.5 Å². The molecule has 102 valence electrons. The average Bonchev–Trinajstić information content (AvgIpc) is 2.78. The number of nitrogens with two attached hydrogens (primary N) is 1. The van der Waals surface area contributed by atoms with E-state index < -0.39 is 17.2 Å². The lowest BCUT2D eigenvalue weighted by Gasteiger charge is -2.11. The smallest absolute Gasteiger partial charge is 0.332 e. The molecule has 2 rings (SSSR count). The number of hydrogen-bond acceptors (Lipinski definition) is 5. The molecular formula is C11H14N4O3S. The lowest BCUT2D eigenvalue weighted by atomic mass is 10.2. The Morgan fingerprint density at radius 3 is 2.68 bits per heavy atom. The molecule has 0 unspecified atom stereocenters.